The molecule has 2 aromatic rings. The van der Waals surface area contributed by atoms with Crippen molar-refractivity contribution >= 4 is 27.0 Å². The van der Waals surface area contributed by atoms with E-state index in [9.17, 15) is 18.0 Å². The summed E-state index contributed by atoms with van der Waals surface area (Å²) in [6.45, 7) is 1.36. The fourth-order valence-corrected chi connectivity index (χ4v) is 1.97. The maximum atomic E-state index is 12.2. The SMILES string of the molecule is Cc1cc2oc(=O)n(CCC(F)(F)F)c2cc1Br. The first-order valence-corrected chi connectivity index (χ1v) is 5.93. The minimum absolute atomic E-state index is 0.294. The molecule has 0 fully saturated rings. The molecule has 0 saturated heterocycles. The number of benzene rings is 1. The van der Waals surface area contributed by atoms with E-state index >= 15 is 0 Å². The van der Waals surface area contributed by atoms with Crippen molar-refractivity contribution in [1.29, 1.82) is 0 Å². The largest absolute Gasteiger partial charge is 0.419 e. The van der Waals surface area contributed by atoms with Crippen LogP contribution >= 0.6 is 15.9 Å². The highest BCUT2D eigenvalue weighted by atomic mass is 79.9. The van der Waals surface area contributed by atoms with Gasteiger partial charge in [0.05, 0.1) is 11.9 Å². The van der Waals surface area contributed by atoms with Crippen molar-refractivity contribution in [2.45, 2.75) is 26.1 Å². The Morgan fingerprint density at radius 1 is 1.39 bits per heavy atom. The summed E-state index contributed by atoms with van der Waals surface area (Å²) in [6, 6.07) is 3.21. The zero-order chi connectivity index (χ0) is 13.5. The van der Waals surface area contributed by atoms with E-state index < -0.39 is 24.9 Å². The maximum Gasteiger partial charge on any atom is 0.419 e. The molecule has 1 aromatic heterocycles. The molecule has 2 rings (SSSR count). The van der Waals surface area contributed by atoms with E-state index in [0.717, 1.165) is 14.6 Å². The maximum absolute atomic E-state index is 12.2. The van der Waals surface area contributed by atoms with Gasteiger partial charge in [-0.3, -0.25) is 4.57 Å². The summed E-state index contributed by atoms with van der Waals surface area (Å²) in [5, 5.41) is 0. The third kappa shape index (κ3) is 2.60. The fraction of sp³-hybridized carbons (Fsp3) is 0.364. The van der Waals surface area contributed by atoms with Crippen LogP contribution in [0, 0.1) is 6.92 Å². The quantitative estimate of drug-likeness (QED) is 0.846. The van der Waals surface area contributed by atoms with Gasteiger partial charge in [0.2, 0.25) is 0 Å². The lowest BCUT2D eigenvalue weighted by Gasteiger charge is -2.06. The molecule has 0 N–H and O–H groups in total. The second kappa shape index (κ2) is 4.46. The molecule has 0 bridgehead atoms. The first-order chi connectivity index (χ1) is 8.28. The van der Waals surface area contributed by atoms with Crippen molar-refractivity contribution in [2.24, 2.45) is 0 Å². The number of hydrogen-bond donors (Lipinski definition) is 0. The van der Waals surface area contributed by atoms with Gasteiger partial charge in [0.1, 0.15) is 0 Å². The van der Waals surface area contributed by atoms with Crippen LogP contribution < -0.4 is 5.76 Å². The van der Waals surface area contributed by atoms with Crippen LogP contribution in [0.25, 0.3) is 11.1 Å². The lowest BCUT2D eigenvalue weighted by atomic mass is 10.2. The van der Waals surface area contributed by atoms with E-state index in [1.54, 1.807) is 19.1 Å². The number of fused-ring (bicyclic) bond motifs is 1. The molecule has 0 aliphatic rings. The number of rotatable bonds is 2. The molecule has 0 aliphatic heterocycles. The van der Waals surface area contributed by atoms with Gasteiger partial charge < -0.3 is 4.42 Å². The lowest BCUT2D eigenvalue weighted by Crippen LogP contribution is -2.19. The minimum atomic E-state index is -4.30. The smallest absolute Gasteiger partial charge is 0.408 e. The second-order valence-corrected chi connectivity index (χ2v) is 4.81. The van der Waals surface area contributed by atoms with E-state index in [-0.39, 0.29) is 0 Å². The van der Waals surface area contributed by atoms with Gasteiger partial charge >= 0.3 is 11.9 Å². The van der Waals surface area contributed by atoms with Crippen LogP contribution in [0.5, 0.6) is 0 Å². The average molecular weight is 324 g/mol. The number of halogens is 4. The molecular weight excluding hydrogens is 315 g/mol. The van der Waals surface area contributed by atoms with Crippen molar-refractivity contribution in [3.63, 3.8) is 0 Å². The molecule has 1 heterocycles. The number of aryl methyl sites for hydroxylation is 2. The highest BCUT2D eigenvalue weighted by molar-refractivity contribution is 9.10. The number of aromatic nitrogens is 1. The molecule has 7 heteroatoms. The lowest BCUT2D eigenvalue weighted by molar-refractivity contribution is -0.136. The van der Waals surface area contributed by atoms with Crippen LogP contribution in [0.2, 0.25) is 0 Å². The van der Waals surface area contributed by atoms with Crippen LogP contribution in [-0.4, -0.2) is 10.7 Å². The predicted molar refractivity (Wildman–Crippen MR) is 63.6 cm³/mol. The molecule has 0 saturated carbocycles. The zero-order valence-electron chi connectivity index (χ0n) is 9.34. The van der Waals surface area contributed by atoms with Crippen molar-refractivity contribution in [2.75, 3.05) is 0 Å². The van der Waals surface area contributed by atoms with Crippen molar-refractivity contribution in [3.8, 4) is 0 Å². The molecule has 1 aromatic carbocycles. The summed E-state index contributed by atoms with van der Waals surface area (Å²) in [6.07, 6.45) is -5.36. The van der Waals surface area contributed by atoms with Gasteiger partial charge in [0.25, 0.3) is 0 Å². The third-order valence-electron chi connectivity index (χ3n) is 2.57. The molecular formula is C11H9BrF3NO2. The normalized spacial score (nSPS) is 12.3. The van der Waals surface area contributed by atoms with E-state index in [4.69, 9.17) is 4.42 Å². The van der Waals surface area contributed by atoms with Gasteiger partial charge in [-0.05, 0) is 24.6 Å². The molecule has 0 radical (unpaired) electrons. The third-order valence-corrected chi connectivity index (χ3v) is 3.42. The van der Waals surface area contributed by atoms with Gasteiger partial charge in [-0.2, -0.15) is 13.2 Å². The number of hydrogen-bond acceptors (Lipinski definition) is 2. The van der Waals surface area contributed by atoms with Gasteiger partial charge in [0, 0.05) is 11.0 Å². The van der Waals surface area contributed by atoms with Crippen LogP contribution in [0.4, 0.5) is 13.2 Å². The standard InChI is InChI=1S/C11H9BrF3NO2/c1-6-4-9-8(5-7(6)12)16(10(17)18-9)3-2-11(13,14)15/h4-5H,2-3H2,1H3. The molecule has 18 heavy (non-hydrogen) atoms. The highest BCUT2D eigenvalue weighted by Gasteiger charge is 2.27. The van der Waals surface area contributed by atoms with Crippen LogP contribution in [0.1, 0.15) is 12.0 Å². The second-order valence-electron chi connectivity index (χ2n) is 3.95. The van der Waals surface area contributed by atoms with Gasteiger partial charge in [-0.25, -0.2) is 4.79 Å². The summed E-state index contributed by atoms with van der Waals surface area (Å²) in [7, 11) is 0. The number of oxazole rings is 1. The van der Waals surface area contributed by atoms with Crippen LogP contribution in [0.3, 0.4) is 0 Å². The average Bonchev–Trinajstić information content (AvgIpc) is 2.51. The minimum Gasteiger partial charge on any atom is -0.408 e. The first-order valence-electron chi connectivity index (χ1n) is 5.14. The molecule has 0 spiro atoms. The number of nitrogens with zero attached hydrogens (tertiary/aromatic N) is 1. The van der Waals surface area contributed by atoms with Crippen molar-refractivity contribution < 1.29 is 17.6 Å². The molecule has 98 valence electrons. The monoisotopic (exact) mass is 323 g/mol. The summed E-state index contributed by atoms with van der Waals surface area (Å²) < 4.78 is 43.1. The zero-order valence-corrected chi connectivity index (χ0v) is 10.9. The molecule has 0 aliphatic carbocycles. The van der Waals surface area contributed by atoms with Crippen molar-refractivity contribution in [3.05, 3.63) is 32.7 Å². The van der Waals surface area contributed by atoms with Crippen LogP contribution in [-0.2, 0) is 6.54 Å². The first kappa shape index (κ1) is 13.2. The Bertz CT molecular complexity index is 642. The van der Waals surface area contributed by atoms with E-state index in [1.165, 1.54) is 0 Å². The van der Waals surface area contributed by atoms with E-state index in [0.29, 0.717) is 11.1 Å². The Hall–Kier alpha value is -1.24. The van der Waals surface area contributed by atoms with Crippen LogP contribution in [0.15, 0.2) is 25.8 Å². The molecule has 0 amide bonds. The Labute approximate surface area is 108 Å². The van der Waals surface area contributed by atoms with Gasteiger partial charge in [-0.15, -0.1) is 0 Å². The summed E-state index contributed by atoms with van der Waals surface area (Å²) in [4.78, 5) is 11.5. The summed E-state index contributed by atoms with van der Waals surface area (Å²) in [5.41, 5.74) is 1.50. The molecule has 3 nitrogen and oxygen atoms in total. The predicted octanol–water partition coefficient (Wildman–Crippen LogP) is 3.62. The van der Waals surface area contributed by atoms with Gasteiger partial charge in [0.15, 0.2) is 5.58 Å². The van der Waals surface area contributed by atoms with Gasteiger partial charge in [-0.1, -0.05) is 15.9 Å². The Morgan fingerprint density at radius 3 is 2.67 bits per heavy atom. The molecule has 0 atom stereocenters. The highest BCUT2D eigenvalue weighted by Crippen LogP contribution is 2.25. The Balaban J connectivity index is 2.47. The van der Waals surface area contributed by atoms with E-state index in [2.05, 4.69) is 15.9 Å². The number of alkyl halides is 3. The van der Waals surface area contributed by atoms with Crippen molar-refractivity contribution in [1.82, 2.24) is 4.57 Å². The van der Waals surface area contributed by atoms with E-state index in [1.807, 2.05) is 0 Å². The summed E-state index contributed by atoms with van der Waals surface area (Å²) >= 11 is 3.27. The molecule has 0 unspecified atom stereocenters. The Morgan fingerprint density at radius 2 is 2.06 bits per heavy atom. The summed E-state index contributed by atoms with van der Waals surface area (Å²) in [5.74, 6) is -0.772. The fourth-order valence-electron chi connectivity index (χ4n) is 1.64. The Kier molecular flexibility index (Phi) is 3.27. The topological polar surface area (TPSA) is 35.1 Å².